The second-order valence-corrected chi connectivity index (χ2v) is 4.24. The number of hydrogen-bond donors (Lipinski definition) is 2. The van der Waals surface area contributed by atoms with Crippen LogP contribution in [0.1, 0.15) is 17.3 Å². The van der Waals surface area contributed by atoms with Gasteiger partial charge in [0.1, 0.15) is 0 Å². The molecular weight excluding hydrogens is 255 g/mol. The van der Waals surface area contributed by atoms with Crippen molar-refractivity contribution < 1.29 is 14.8 Å². The molecule has 0 amide bonds. The van der Waals surface area contributed by atoms with Crippen LogP contribution in [0.15, 0.2) is 58.8 Å². The predicted molar refractivity (Wildman–Crippen MR) is 76.9 cm³/mol. The lowest BCUT2D eigenvalue weighted by Crippen LogP contribution is -2.29. The molecule has 2 N–H and O–H groups in total. The van der Waals surface area contributed by atoms with Crippen molar-refractivity contribution in [1.82, 2.24) is 0 Å². The van der Waals surface area contributed by atoms with E-state index >= 15 is 0 Å². The molecule has 6 heteroatoms. The van der Waals surface area contributed by atoms with E-state index < -0.39 is 7.12 Å². The van der Waals surface area contributed by atoms with Gasteiger partial charge in [0.25, 0.3) is 0 Å². The van der Waals surface area contributed by atoms with Gasteiger partial charge in [-0.2, -0.15) is 10.2 Å². The molecule has 0 bridgehead atoms. The summed E-state index contributed by atoms with van der Waals surface area (Å²) >= 11 is 0. The molecule has 0 atom stereocenters. The third-order valence-electron chi connectivity index (χ3n) is 2.76. The number of carbonyl (C=O) groups excluding carboxylic acids is 1. The number of ketones is 1. The maximum absolute atomic E-state index is 11.1. The van der Waals surface area contributed by atoms with Gasteiger partial charge in [0, 0.05) is 11.0 Å². The van der Waals surface area contributed by atoms with Crippen LogP contribution in [0.5, 0.6) is 0 Å². The summed E-state index contributed by atoms with van der Waals surface area (Å²) in [7, 11) is -1.59. The summed E-state index contributed by atoms with van der Waals surface area (Å²) in [5.74, 6) is -0.0118. The monoisotopic (exact) mass is 268 g/mol. The van der Waals surface area contributed by atoms with E-state index in [4.69, 9.17) is 0 Å². The van der Waals surface area contributed by atoms with E-state index in [0.717, 1.165) is 0 Å². The molecule has 0 aliphatic carbocycles. The lowest BCUT2D eigenvalue weighted by molar-refractivity contribution is 0.101. The van der Waals surface area contributed by atoms with Crippen molar-refractivity contribution in [2.45, 2.75) is 6.92 Å². The number of azo groups is 1. The molecule has 2 aromatic rings. The molecule has 0 saturated heterocycles. The maximum atomic E-state index is 11.1. The molecule has 0 aliphatic heterocycles. The van der Waals surface area contributed by atoms with E-state index in [1.165, 1.54) is 6.92 Å². The van der Waals surface area contributed by atoms with Crippen molar-refractivity contribution in [3.8, 4) is 0 Å². The third kappa shape index (κ3) is 3.37. The predicted octanol–water partition coefficient (Wildman–Crippen LogP) is 1.98. The van der Waals surface area contributed by atoms with Crippen LogP contribution in [0.3, 0.4) is 0 Å². The van der Waals surface area contributed by atoms with Crippen molar-refractivity contribution in [3.63, 3.8) is 0 Å². The van der Waals surface area contributed by atoms with Gasteiger partial charge in [-0.25, -0.2) is 0 Å². The molecule has 0 aromatic heterocycles. The highest BCUT2D eigenvalue weighted by atomic mass is 16.4. The summed E-state index contributed by atoms with van der Waals surface area (Å²) in [4.78, 5) is 11.1. The molecule has 2 rings (SSSR count). The van der Waals surface area contributed by atoms with Crippen molar-refractivity contribution in [3.05, 3.63) is 54.1 Å². The maximum Gasteiger partial charge on any atom is 0.490 e. The van der Waals surface area contributed by atoms with Crippen LogP contribution in [-0.4, -0.2) is 22.9 Å². The average molecular weight is 268 g/mol. The third-order valence-corrected chi connectivity index (χ3v) is 2.76. The van der Waals surface area contributed by atoms with Crippen molar-refractivity contribution >= 4 is 29.7 Å². The zero-order chi connectivity index (χ0) is 14.5. The molecule has 0 unspecified atom stereocenters. The van der Waals surface area contributed by atoms with Gasteiger partial charge >= 0.3 is 7.12 Å². The minimum Gasteiger partial charge on any atom is -0.423 e. The summed E-state index contributed by atoms with van der Waals surface area (Å²) < 4.78 is 0. The number of hydrogen-bond acceptors (Lipinski definition) is 5. The molecule has 0 radical (unpaired) electrons. The van der Waals surface area contributed by atoms with Gasteiger partial charge in [-0.05, 0) is 37.3 Å². The first-order chi connectivity index (χ1) is 9.58. The molecule has 20 heavy (non-hydrogen) atoms. The van der Waals surface area contributed by atoms with Gasteiger partial charge in [0.2, 0.25) is 0 Å². The summed E-state index contributed by atoms with van der Waals surface area (Å²) in [6, 6.07) is 13.3. The summed E-state index contributed by atoms with van der Waals surface area (Å²) in [5, 5.41) is 26.4. The van der Waals surface area contributed by atoms with Gasteiger partial charge in [0.05, 0.1) is 11.4 Å². The Labute approximate surface area is 116 Å². The fourth-order valence-electron chi connectivity index (χ4n) is 1.67. The van der Waals surface area contributed by atoms with Gasteiger partial charge in [-0.1, -0.05) is 18.2 Å². The van der Waals surface area contributed by atoms with E-state index in [1.807, 2.05) is 0 Å². The van der Waals surface area contributed by atoms with Crippen LogP contribution in [0.4, 0.5) is 11.4 Å². The highest BCUT2D eigenvalue weighted by Crippen LogP contribution is 2.17. The van der Waals surface area contributed by atoms with Gasteiger partial charge in [-0.3, -0.25) is 4.79 Å². The molecule has 0 fully saturated rings. The van der Waals surface area contributed by atoms with E-state index in [-0.39, 0.29) is 11.2 Å². The Balaban J connectivity index is 2.23. The normalized spacial score (nSPS) is 10.8. The quantitative estimate of drug-likeness (QED) is 0.505. The second kappa shape index (κ2) is 6.23. The lowest BCUT2D eigenvalue weighted by atomic mass is 9.79. The topological polar surface area (TPSA) is 82.2 Å². The molecule has 2 aromatic carbocycles. The zero-order valence-corrected chi connectivity index (χ0v) is 10.9. The van der Waals surface area contributed by atoms with Crippen LogP contribution < -0.4 is 5.46 Å². The van der Waals surface area contributed by atoms with Crippen LogP contribution in [0, 0.1) is 0 Å². The van der Waals surface area contributed by atoms with E-state index in [1.54, 1.807) is 48.5 Å². The van der Waals surface area contributed by atoms with E-state index in [2.05, 4.69) is 10.2 Å². The number of carbonyl (C=O) groups is 1. The number of rotatable bonds is 4. The summed E-state index contributed by atoms with van der Waals surface area (Å²) in [5.41, 5.74) is 1.86. The lowest BCUT2D eigenvalue weighted by Gasteiger charge is -2.02. The Hall–Kier alpha value is -2.31. The average Bonchev–Trinajstić information content (AvgIpc) is 2.45. The molecule has 0 heterocycles. The zero-order valence-electron chi connectivity index (χ0n) is 10.9. The van der Waals surface area contributed by atoms with Crippen LogP contribution in [0.2, 0.25) is 0 Å². The first-order valence-electron chi connectivity index (χ1n) is 6.06. The molecule has 0 aliphatic rings. The number of Topliss-reactive ketones (excluding diaryl/α,β-unsaturated/α-hetero) is 1. The smallest absolute Gasteiger partial charge is 0.423 e. The number of nitrogens with zero attached hydrogens (tertiary/aromatic N) is 2. The Morgan fingerprint density at radius 1 is 1.00 bits per heavy atom. The Morgan fingerprint density at radius 3 is 2.25 bits per heavy atom. The Bertz CT molecular complexity index is 639. The Kier molecular flexibility index (Phi) is 4.39. The summed E-state index contributed by atoms with van der Waals surface area (Å²) in [6.07, 6.45) is 0. The van der Waals surface area contributed by atoms with Gasteiger partial charge in [0.15, 0.2) is 5.78 Å². The minimum atomic E-state index is -1.59. The fourth-order valence-corrected chi connectivity index (χ4v) is 1.67. The molecule has 100 valence electrons. The first kappa shape index (κ1) is 14.1. The van der Waals surface area contributed by atoms with Crippen LogP contribution in [-0.2, 0) is 0 Å². The highest BCUT2D eigenvalue weighted by Gasteiger charge is 2.14. The van der Waals surface area contributed by atoms with Crippen molar-refractivity contribution in [2.75, 3.05) is 0 Å². The van der Waals surface area contributed by atoms with E-state index in [0.29, 0.717) is 16.9 Å². The molecule has 0 saturated carbocycles. The number of benzene rings is 2. The molecule has 5 nitrogen and oxygen atoms in total. The second-order valence-electron chi connectivity index (χ2n) is 4.24. The Morgan fingerprint density at radius 2 is 1.65 bits per heavy atom. The summed E-state index contributed by atoms with van der Waals surface area (Å²) in [6.45, 7) is 1.50. The SMILES string of the molecule is CC(=O)c1ccc(N=Nc2ccccc2B(O)O)cc1. The standard InChI is InChI=1S/C14H13BN2O3/c1-10(18)11-6-8-12(9-7-11)16-17-14-5-3-2-4-13(14)15(19)20/h2-9,19-20H,1H3. The first-order valence-corrected chi connectivity index (χ1v) is 6.06. The van der Waals surface area contributed by atoms with Gasteiger partial charge < -0.3 is 10.0 Å². The van der Waals surface area contributed by atoms with E-state index in [9.17, 15) is 14.8 Å². The molecular formula is C14H13BN2O3. The van der Waals surface area contributed by atoms with Crippen molar-refractivity contribution in [2.24, 2.45) is 10.2 Å². The van der Waals surface area contributed by atoms with Crippen LogP contribution >= 0.6 is 0 Å². The van der Waals surface area contributed by atoms with Gasteiger partial charge in [-0.15, -0.1) is 0 Å². The largest absolute Gasteiger partial charge is 0.490 e. The van der Waals surface area contributed by atoms with Crippen molar-refractivity contribution in [1.29, 1.82) is 0 Å². The molecule has 0 spiro atoms. The highest BCUT2D eigenvalue weighted by molar-refractivity contribution is 6.60. The van der Waals surface area contributed by atoms with Crippen LogP contribution in [0.25, 0.3) is 0 Å². The minimum absolute atomic E-state index is 0.0118. The fraction of sp³-hybridized carbons (Fsp3) is 0.0714.